The van der Waals surface area contributed by atoms with Crippen molar-refractivity contribution in [2.45, 2.75) is 25.8 Å². The molecule has 0 aliphatic heterocycles. The summed E-state index contributed by atoms with van der Waals surface area (Å²) in [6.07, 6.45) is -0.250. The predicted molar refractivity (Wildman–Crippen MR) is 70.9 cm³/mol. The standard InChI is InChI=1S/C12H17BN2O4/c1-9(16)15-11(7-13(18)19)12(17)14-8-10-5-3-2-4-6-10/h2-6,11,18-19H,7-8H2,1H3,(H,14,17)(H,15,16)/i14+1. The molecule has 7 heteroatoms. The topological polar surface area (TPSA) is 98.7 Å². The minimum absolute atomic E-state index is 0.250. The third kappa shape index (κ3) is 6.03. The fraction of sp³-hybridized carbons (Fsp3) is 0.333. The number of carbonyl (C=O) groups excluding carboxylic acids is 2. The zero-order valence-corrected chi connectivity index (χ0v) is 10.7. The molecule has 102 valence electrons. The zero-order valence-electron chi connectivity index (χ0n) is 10.7. The van der Waals surface area contributed by atoms with Crippen LogP contribution in [0.5, 0.6) is 0 Å². The number of carbonyl (C=O) groups is 2. The molecule has 0 spiro atoms. The summed E-state index contributed by atoms with van der Waals surface area (Å²) in [4.78, 5) is 22.8. The van der Waals surface area contributed by atoms with Crippen LogP contribution in [0.3, 0.4) is 0 Å². The van der Waals surface area contributed by atoms with E-state index in [9.17, 15) is 9.59 Å². The van der Waals surface area contributed by atoms with Crippen LogP contribution in [0.15, 0.2) is 30.3 Å². The van der Waals surface area contributed by atoms with Crippen molar-refractivity contribution in [2.24, 2.45) is 0 Å². The van der Waals surface area contributed by atoms with Crippen LogP contribution in [0.25, 0.3) is 0 Å². The Balaban J connectivity index is 2.54. The summed E-state index contributed by atoms with van der Waals surface area (Å²) >= 11 is 0. The van der Waals surface area contributed by atoms with Gasteiger partial charge in [-0.2, -0.15) is 0 Å². The minimum atomic E-state index is -1.65. The van der Waals surface area contributed by atoms with Crippen molar-refractivity contribution < 1.29 is 19.6 Å². The molecule has 6 nitrogen and oxygen atoms in total. The SMILES string of the molecule is CC(=O)NC(CB(O)O)C(=O)[15NH]Cc1ccccc1. The molecule has 0 aliphatic rings. The highest BCUT2D eigenvalue weighted by atomic mass is 16.4. The Bertz CT molecular complexity index is 425. The van der Waals surface area contributed by atoms with E-state index in [4.69, 9.17) is 10.0 Å². The van der Waals surface area contributed by atoms with Gasteiger partial charge >= 0.3 is 7.12 Å². The van der Waals surface area contributed by atoms with Gasteiger partial charge in [0.2, 0.25) is 11.8 Å². The van der Waals surface area contributed by atoms with Crippen LogP contribution in [0, 0.1) is 0 Å². The maximum absolute atomic E-state index is 11.8. The van der Waals surface area contributed by atoms with Gasteiger partial charge in [0, 0.05) is 19.8 Å². The molecule has 0 aromatic heterocycles. The largest absolute Gasteiger partial charge is 0.454 e. The van der Waals surface area contributed by atoms with Gasteiger partial charge in [-0.1, -0.05) is 30.3 Å². The van der Waals surface area contributed by atoms with Gasteiger partial charge in [-0.3, -0.25) is 9.59 Å². The van der Waals surface area contributed by atoms with E-state index in [1.807, 2.05) is 30.3 Å². The monoisotopic (exact) mass is 265 g/mol. The van der Waals surface area contributed by atoms with Gasteiger partial charge in [0.05, 0.1) is 0 Å². The normalized spacial score (nSPS) is 11.5. The van der Waals surface area contributed by atoms with E-state index in [1.54, 1.807) is 0 Å². The molecule has 0 fully saturated rings. The van der Waals surface area contributed by atoms with Gasteiger partial charge in [0.15, 0.2) is 0 Å². The van der Waals surface area contributed by atoms with E-state index in [2.05, 4.69) is 10.6 Å². The summed E-state index contributed by atoms with van der Waals surface area (Å²) in [5.74, 6) is -0.854. The molecule has 19 heavy (non-hydrogen) atoms. The van der Waals surface area contributed by atoms with Gasteiger partial charge < -0.3 is 20.7 Å². The Hall–Kier alpha value is -1.86. The van der Waals surface area contributed by atoms with Gasteiger partial charge in [0.1, 0.15) is 6.04 Å². The van der Waals surface area contributed by atoms with Gasteiger partial charge in [-0.05, 0) is 5.56 Å². The summed E-state index contributed by atoms with van der Waals surface area (Å²) in [6.45, 7) is 1.58. The number of nitrogens with one attached hydrogen (secondary N) is 2. The number of benzene rings is 1. The molecule has 1 aromatic carbocycles. The van der Waals surface area contributed by atoms with Crippen molar-refractivity contribution >= 4 is 18.9 Å². The summed E-state index contributed by atoms with van der Waals surface area (Å²) in [5.41, 5.74) is 0.918. The molecule has 0 saturated heterocycles. The molecule has 1 unspecified atom stereocenters. The number of amides is 2. The lowest BCUT2D eigenvalue weighted by Crippen LogP contribution is -2.47. The maximum Gasteiger partial charge on any atom is 0.454 e. The highest BCUT2D eigenvalue weighted by Crippen LogP contribution is 2.00. The van der Waals surface area contributed by atoms with Crippen molar-refractivity contribution in [2.75, 3.05) is 0 Å². The Kier molecular flexibility index (Phi) is 6.04. The second kappa shape index (κ2) is 7.55. The molecule has 0 bridgehead atoms. The van der Waals surface area contributed by atoms with E-state index in [-0.39, 0.29) is 6.32 Å². The van der Waals surface area contributed by atoms with Crippen LogP contribution in [0.4, 0.5) is 0 Å². The minimum Gasteiger partial charge on any atom is -0.427 e. The molecule has 1 aromatic rings. The Morgan fingerprint density at radius 1 is 1.26 bits per heavy atom. The van der Waals surface area contributed by atoms with Gasteiger partial charge in [-0.15, -0.1) is 0 Å². The van der Waals surface area contributed by atoms with Crippen LogP contribution in [-0.2, 0) is 16.1 Å². The molecular weight excluding hydrogens is 248 g/mol. The Morgan fingerprint density at radius 2 is 1.89 bits per heavy atom. The maximum atomic E-state index is 11.8. The third-order valence-corrected chi connectivity index (χ3v) is 2.45. The first kappa shape index (κ1) is 15.2. The predicted octanol–water partition coefficient (Wildman–Crippen LogP) is -0.720. The molecule has 0 heterocycles. The molecule has 0 saturated carbocycles. The van der Waals surface area contributed by atoms with E-state index in [1.165, 1.54) is 6.92 Å². The number of hydrogen-bond acceptors (Lipinski definition) is 4. The number of rotatable bonds is 6. The van der Waals surface area contributed by atoms with E-state index in [0.717, 1.165) is 5.56 Å². The van der Waals surface area contributed by atoms with Gasteiger partial charge in [-0.25, -0.2) is 0 Å². The highest BCUT2D eigenvalue weighted by molar-refractivity contribution is 6.41. The van der Waals surface area contributed by atoms with Crippen molar-refractivity contribution in [3.8, 4) is 0 Å². The Labute approximate surface area is 112 Å². The first-order chi connectivity index (χ1) is 8.99. The quantitative estimate of drug-likeness (QED) is 0.403. The molecule has 2 amide bonds. The van der Waals surface area contributed by atoms with E-state index >= 15 is 0 Å². The number of hydrogen-bond donors (Lipinski definition) is 4. The van der Waals surface area contributed by atoms with Crippen molar-refractivity contribution in [3.05, 3.63) is 35.9 Å². The van der Waals surface area contributed by atoms with Crippen LogP contribution >= 0.6 is 0 Å². The lowest BCUT2D eigenvalue weighted by atomic mass is 9.81. The van der Waals surface area contributed by atoms with Gasteiger partial charge in [0.25, 0.3) is 0 Å². The third-order valence-electron chi connectivity index (χ3n) is 2.45. The molecule has 0 aliphatic carbocycles. The molecule has 0 radical (unpaired) electrons. The summed E-state index contributed by atoms with van der Waals surface area (Å²) in [6, 6.07) is 8.33. The van der Waals surface area contributed by atoms with Crippen LogP contribution in [0.1, 0.15) is 12.5 Å². The summed E-state index contributed by atoms with van der Waals surface area (Å²) in [7, 11) is -1.65. The van der Waals surface area contributed by atoms with Crippen LogP contribution in [-0.4, -0.2) is 35.0 Å². The average molecular weight is 265 g/mol. The van der Waals surface area contributed by atoms with Crippen molar-refractivity contribution in [1.82, 2.24) is 10.6 Å². The van der Waals surface area contributed by atoms with Crippen LogP contribution in [0.2, 0.25) is 6.32 Å². The first-order valence-electron chi connectivity index (χ1n) is 5.94. The zero-order chi connectivity index (χ0) is 14.3. The molecule has 1 atom stereocenters. The van der Waals surface area contributed by atoms with Crippen molar-refractivity contribution in [1.29, 1.82) is 0 Å². The molecule has 4 N–H and O–H groups in total. The molecule has 1 rings (SSSR count). The smallest absolute Gasteiger partial charge is 0.427 e. The summed E-state index contributed by atoms with van der Waals surface area (Å²) in [5, 5.41) is 22.8. The fourth-order valence-electron chi connectivity index (χ4n) is 1.60. The van der Waals surface area contributed by atoms with Crippen molar-refractivity contribution in [3.63, 3.8) is 0 Å². The van der Waals surface area contributed by atoms with E-state index < -0.39 is 25.0 Å². The Morgan fingerprint density at radius 3 is 2.42 bits per heavy atom. The second-order valence-electron chi connectivity index (χ2n) is 4.17. The first-order valence-corrected chi connectivity index (χ1v) is 5.94. The summed E-state index contributed by atoms with van der Waals surface area (Å²) < 4.78 is 0. The average Bonchev–Trinajstić information content (AvgIpc) is 2.35. The van der Waals surface area contributed by atoms with E-state index in [0.29, 0.717) is 6.54 Å². The molecular formula is C12H17BN2O4. The second-order valence-corrected chi connectivity index (χ2v) is 4.17. The lowest BCUT2D eigenvalue weighted by molar-refractivity contribution is -0.127. The fourth-order valence-corrected chi connectivity index (χ4v) is 1.60. The van der Waals surface area contributed by atoms with Crippen LogP contribution < -0.4 is 10.6 Å². The lowest BCUT2D eigenvalue weighted by Gasteiger charge is -2.17. The highest BCUT2D eigenvalue weighted by Gasteiger charge is 2.24.